The van der Waals surface area contributed by atoms with Crippen molar-refractivity contribution in [2.75, 3.05) is 5.32 Å². The Kier molecular flexibility index (Phi) is 5.66. The highest BCUT2D eigenvalue weighted by atomic mass is 19.3. The summed E-state index contributed by atoms with van der Waals surface area (Å²) < 4.78 is 43.1. The lowest BCUT2D eigenvalue weighted by molar-refractivity contribution is -0.0865. The number of alkyl halides is 2. The summed E-state index contributed by atoms with van der Waals surface area (Å²) in [7, 11) is 0. The Hall–Kier alpha value is -2.94. The van der Waals surface area contributed by atoms with E-state index in [1.807, 2.05) is 0 Å². The van der Waals surface area contributed by atoms with Gasteiger partial charge in [-0.05, 0) is 59.3 Å². The minimum absolute atomic E-state index is 0.106. The predicted octanol–water partition coefficient (Wildman–Crippen LogP) is 5.45. The van der Waals surface area contributed by atoms with Crippen LogP contribution in [0.15, 0.2) is 29.2 Å². The second kappa shape index (κ2) is 8.33. The summed E-state index contributed by atoms with van der Waals surface area (Å²) in [6, 6.07) is 3.30. The number of hydrogen-bond acceptors (Lipinski definition) is 5. The molecule has 3 aliphatic carbocycles. The molecule has 1 atom stereocenters. The van der Waals surface area contributed by atoms with E-state index in [9.17, 15) is 23.1 Å². The lowest BCUT2D eigenvalue weighted by atomic mass is 9.63. The number of anilines is 1. The van der Waals surface area contributed by atoms with E-state index in [2.05, 4.69) is 15.3 Å². The summed E-state index contributed by atoms with van der Waals surface area (Å²) >= 11 is 0. The lowest BCUT2D eigenvalue weighted by Crippen LogP contribution is -2.53. The molecule has 1 aromatic carbocycles. The van der Waals surface area contributed by atoms with E-state index < -0.39 is 29.4 Å². The number of rotatable bonds is 5. The van der Waals surface area contributed by atoms with Gasteiger partial charge in [-0.1, -0.05) is 18.2 Å². The number of aryl methyl sites for hydroxylation is 2. The summed E-state index contributed by atoms with van der Waals surface area (Å²) in [6.45, 7) is 5.13. The van der Waals surface area contributed by atoms with E-state index in [1.165, 1.54) is 12.1 Å². The molecule has 3 saturated carbocycles. The zero-order valence-corrected chi connectivity index (χ0v) is 20.0. The number of nitrogens with zero attached hydrogens (tertiary/aromatic N) is 3. The summed E-state index contributed by atoms with van der Waals surface area (Å²) in [5, 5.41) is 14.4. The first kappa shape index (κ1) is 23.8. The summed E-state index contributed by atoms with van der Waals surface area (Å²) in [4.78, 5) is 22.5. The second-order valence-corrected chi connectivity index (χ2v) is 10.2. The van der Waals surface area contributed by atoms with Crippen LogP contribution in [-0.4, -0.2) is 25.2 Å². The van der Waals surface area contributed by atoms with Gasteiger partial charge in [0.2, 0.25) is 0 Å². The minimum Gasteiger partial charge on any atom is -0.390 e. The van der Waals surface area contributed by atoms with Gasteiger partial charge in [0.15, 0.2) is 0 Å². The quantitative estimate of drug-likeness (QED) is 0.501. The molecule has 0 aliphatic heterocycles. The van der Waals surface area contributed by atoms with Crippen molar-refractivity contribution >= 4 is 16.7 Å². The molecule has 3 aliphatic rings. The van der Waals surface area contributed by atoms with E-state index in [-0.39, 0.29) is 16.7 Å². The molecule has 0 unspecified atom stereocenters. The van der Waals surface area contributed by atoms with Gasteiger partial charge in [0, 0.05) is 22.9 Å². The molecule has 2 heterocycles. The molecule has 2 N–H and O–H groups in total. The van der Waals surface area contributed by atoms with Crippen LogP contribution in [0.2, 0.25) is 0 Å². The van der Waals surface area contributed by atoms with Crippen molar-refractivity contribution in [1.82, 2.24) is 14.5 Å². The highest BCUT2D eigenvalue weighted by Gasteiger charge is 2.49. The average Bonchev–Trinajstić information content (AvgIpc) is 2.82. The normalized spacial score (nSPS) is 24.8. The van der Waals surface area contributed by atoms with Gasteiger partial charge in [-0.25, -0.2) is 23.1 Å². The molecule has 3 aromatic rings. The maximum atomic E-state index is 14.8. The molecule has 2 bridgehead atoms. The van der Waals surface area contributed by atoms with Crippen LogP contribution in [0.4, 0.5) is 19.0 Å². The smallest absolute Gasteiger partial charge is 0.266 e. The average molecular weight is 487 g/mol. The summed E-state index contributed by atoms with van der Waals surface area (Å²) in [5.41, 5.74) is -0.640. The zero-order chi connectivity index (χ0) is 25.1. The van der Waals surface area contributed by atoms with Crippen molar-refractivity contribution in [2.45, 2.75) is 82.9 Å². The standard InChI is InChI=1S/C26H29F3N4O2/c1-14-21-19(13-33(24(14)34)25-7-10-26(35,11-8-25)12-9-25)23(32-16(3)31-21)30-15(2)17-5-4-6-18(20(17)27)22(28)29/h4-6,13,15,22,35H,7-12H2,1-3H3,(H,30,31,32)/t15-,25?,26?/m1/s1. The molecule has 6 rings (SSSR count). The van der Waals surface area contributed by atoms with E-state index in [0.29, 0.717) is 66.6 Å². The van der Waals surface area contributed by atoms with Crippen LogP contribution in [0, 0.1) is 19.7 Å². The van der Waals surface area contributed by atoms with Gasteiger partial charge in [0.25, 0.3) is 12.0 Å². The first-order valence-electron chi connectivity index (χ1n) is 12.0. The Morgan fingerprint density at radius 3 is 2.31 bits per heavy atom. The van der Waals surface area contributed by atoms with Crippen molar-refractivity contribution < 1.29 is 18.3 Å². The highest BCUT2D eigenvalue weighted by molar-refractivity contribution is 5.90. The SMILES string of the molecule is Cc1nc(N[C@H](C)c2cccc(C(F)F)c2F)c2cn(C34CCC(O)(CC3)CC4)c(=O)c(C)c2n1. The zero-order valence-electron chi connectivity index (χ0n) is 20.0. The van der Waals surface area contributed by atoms with Crippen molar-refractivity contribution in [3.8, 4) is 0 Å². The molecule has 0 amide bonds. The number of hydrogen-bond donors (Lipinski definition) is 2. The van der Waals surface area contributed by atoms with Gasteiger partial charge in [0.05, 0.1) is 28.1 Å². The van der Waals surface area contributed by atoms with E-state index in [4.69, 9.17) is 0 Å². The molecule has 9 heteroatoms. The highest BCUT2D eigenvalue weighted by Crippen LogP contribution is 2.50. The number of aliphatic hydroxyl groups is 1. The van der Waals surface area contributed by atoms with Crippen LogP contribution in [0.25, 0.3) is 10.9 Å². The number of aromatic nitrogens is 3. The Bertz CT molecular complexity index is 1350. The summed E-state index contributed by atoms with van der Waals surface area (Å²) in [6.07, 6.45) is 2.98. The monoisotopic (exact) mass is 486 g/mol. The molecule has 0 spiro atoms. The molecule has 186 valence electrons. The summed E-state index contributed by atoms with van der Waals surface area (Å²) in [5.74, 6) is -0.0903. The maximum absolute atomic E-state index is 14.8. The lowest BCUT2D eigenvalue weighted by Gasteiger charge is -2.51. The fourth-order valence-electron chi connectivity index (χ4n) is 5.78. The number of fused-ring (bicyclic) bond motifs is 4. The molecular formula is C26H29F3N4O2. The molecular weight excluding hydrogens is 457 g/mol. The van der Waals surface area contributed by atoms with Crippen molar-refractivity contribution in [2.24, 2.45) is 0 Å². The van der Waals surface area contributed by atoms with E-state index in [0.717, 1.165) is 6.07 Å². The second-order valence-electron chi connectivity index (χ2n) is 10.2. The van der Waals surface area contributed by atoms with Crippen molar-refractivity contribution in [3.05, 3.63) is 63.1 Å². The van der Waals surface area contributed by atoms with Crippen LogP contribution in [0.5, 0.6) is 0 Å². The number of benzene rings is 1. The molecule has 0 radical (unpaired) electrons. The molecule has 2 aromatic heterocycles. The topological polar surface area (TPSA) is 80.0 Å². The van der Waals surface area contributed by atoms with Gasteiger partial charge in [-0.15, -0.1) is 0 Å². The first-order valence-corrected chi connectivity index (χ1v) is 12.0. The third-order valence-corrected chi connectivity index (χ3v) is 8.00. The molecule has 0 saturated heterocycles. The van der Waals surface area contributed by atoms with Crippen LogP contribution >= 0.6 is 0 Å². The molecule has 35 heavy (non-hydrogen) atoms. The Balaban J connectivity index is 1.61. The number of pyridine rings is 1. The number of halogens is 3. The van der Waals surface area contributed by atoms with Crippen molar-refractivity contribution in [1.29, 1.82) is 0 Å². The number of nitrogens with one attached hydrogen (secondary N) is 1. The van der Waals surface area contributed by atoms with Gasteiger partial charge in [-0.2, -0.15) is 0 Å². The first-order chi connectivity index (χ1) is 16.5. The largest absolute Gasteiger partial charge is 0.390 e. The molecule has 6 nitrogen and oxygen atoms in total. The maximum Gasteiger partial charge on any atom is 0.266 e. The fourth-order valence-corrected chi connectivity index (χ4v) is 5.78. The van der Waals surface area contributed by atoms with Crippen LogP contribution < -0.4 is 10.9 Å². The van der Waals surface area contributed by atoms with E-state index in [1.54, 1.807) is 31.5 Å². The fraction of sp³-hybridized carbons (Fsp3) is 0.500. The Morgan fingerprint density at radius 1 is 1.06 bits per heavy atom. The van der Waals surface area contributed by atoms with Gasteiger partial charge in [-0.3, -0.25) is 4.79 Å². The third-order valence-electron chi connectivity index (χ3n) is 8.00. The van der Waals surface area contributed by atoms with Crippen LogP contribution in [0.1, 0.15) is 80.4 Å². The van der Waals surface area contributed by atoms with Gasteiger partial charge in [0.1, 0.15) is 17.5 Å². The van der Waals surface area contributed by atoms with E-state index >= 15 is 0 Å². The van der Waals surface area contributed by atoms with Gasteiger partial charge >= 0.3 is 0 Å². The van der Waals surface area contributed by atoms with Gasteiger partial charge < -0.3 is 15.0 Å². The third kappa shape index (κ3) is 3.90. The Labute approximate surface area is 201 Å². The van der Waals surface area contributed by atoms with Crippen LogP contribution in [0.3, 0.4) is 0 Å². The van der Waals surface area contributed by atoms with Crippen molar-refractivity contribution in [3.63, 3.8) is 0 Å². The van der Waals surface area contributed by atoms with Crippen LogP contribution in [-0.2, 0) is 5.54 Å². The predicted molar refractivity (Wildman–Crippen MR) is 127 cm³/mol. The molecule has 3 fully saturated rings. The Morgan fingerprint density at radius 2 is 1.69 bits per heavy atom. The minimum atomic E-state index is -2.91.